The molecule has 1 unspecified atom stereocenters. The van der Waals surface area contributed by atoms with Crippen LogP contribution in [0.5, 0.6) is 0 Å². The quantitative estimate of drug-likeness (QED) is 0.883. The molecule has 2 rings (SSSR count). The maximum absolute atomic E-state index is 12.2. The van der Waals surface area contributed by atoms with Gasteiger partial charge in [-0.05, 0) is 37.6 Å². The number of anilines is 1. The van der Waals surface area contributed by atoms with E-state index >= 15 is 0 Å². The minimum atomic E-state index is -1.06. The number of nitrogens with zero attached hydrogens (tertiary/aromatic N) is 2. The number of hydrogen-bond donors (Lipinski definition) is 2. The van der Waals surface area contributed by atoms with E-state index in [0.29, 0.717) is 10.7 Å². The monoisotopic (exact) mass is 295 g/mol. The number of guanidine groups is 1. The van der Waals surface area contributed by atoms with Crippen molar-refractivity contribution in [2.75, 3.05) is 11.4 Å². The molecule has 1 aromatic carbocycles. The van der Waals surface area contributed by atoms with Gasteiger partial charge in [0.2, 0.25) is 5.96 Å². The topological polar surface area (TPSA) is 82.0 Å². The maximum Gasteiger partial charge on any atom is 0.325 e. The predicted molar refractivity (Wildman–Crippen MR) is 76.2 cm³/mol. The molecule has 0 aliphatic carbocycles. The summed E-state index contributed by atoms with van der Waals surface area (Å²) in [6.07, 6.45) is 0. The zero-order valence-corrected chi connectivity index (χ0v) is 11.8. The summed E-state index contributed by atoms with van der Waals surface area (Å²) in [6.45, 7) is 3.15. The fraction of sp³-hybridized carbons (Fsp3) is 0.308. The van der Waals surface area contributed by atoms with Gasteiger partial charge in [0.1, 0.15) is 12.6 Å². The van der Waals surface area contributed by atoms with Crippen LogP contribution in [0.4, 0.5) is 5.69 Å². The van der Waals surface area contributed by atoms with Gasteiger partial charge in [-0.2, -0.15) is 0 Å². The first-order chi connectivity index (χ1) is 9.38. The molecule has 1 saturated heterocycles. The predicted octanol–water partition coefficient (Wildman–Crippen LogP) is 1.41. The van der Waals surface area contributed by atoms with Crippen LogP contribution in [0.25, 0.3) is 0 Å². The van der Waals surface area contributed by atoms with Crippen molar-refractivity contribution in [2.45, 2.75) is 19.9 Å². The van der Waals surface area contributed by atoms with Crippen LogP contribution in [0.15, 0.2) is 23.2 Å². The molecule has 1 fully saturated rings. The molecule has 1 aliphatic heterocycles. The number of benzene rings is 1. The molecule has 2 N–H and O–H groups in total. The Bertz CT molecular complexity index is 580. The third-order valence-corrected chi connectivity index (χ3v) is 3.02. The average Bonchev–Trinajstić information content (AvgIpc) is 2.61. The average molecular weight is 296 g/mol. The summed E-state index contributed by atoms with van der Waals surface area (Å²) in [5, 5.41) is 12.1. The van der Waals surface area contributed by atoms with Crippen LogP contribution in [-0.2, 0) is 9.59 Å². The van der Waals surface area contributed by atoms with E-state index in [1.807, 2.05) is 6.92 Å². The number of aryl methyl sites for hydroxylation is 1. The van der Waals surface area contributed by atoms with Crippen LogP contribution in [-0.4, -0.2) is 35.5 Å². The van der Waals surface area contributed by atoms with Gasteiger partial charge in [-0.15, -0.1) is 0 Å². The Kier molecular flexibility index (Phi) is 3.94. The highest BCUT2D eigenvalue weighted by atomic mass is 35.5. The van der Waals surface area contributed by atoms with E-state index in [-0.39, 0.29) is 11.9 Å². The molecule has 7 heteroatoms. The van der Waals surface area contributed by atoms with Gasteiger partial charge in [-0.1, -0.05) is 11.6 Å². The lowest BCUT2D eigenvalue weighted by Crippen LogP contribution is -2.33. The fourth-order valence-corrected chi connectivity index (χ4v) is 2.26. The first-order valence-electron chi connectivity index (χ1n) is 6.02. The van der Waals surface area contributed by atoms with Crippen LogP contribution in [0.1, 0.15) is 12.5 Å². The Hall–Kier alpha value is -2.08. The van der Waals surface area contributed by atoms with Gasteiger partial charge < -0.3 is 10.4 Å². The minimum Gasteiger partial charge on any atom is -0.480 e. The van der Waals surface area contributed by atoms with Crippen molar-refractivity contribution in [1.82, 2.24) is 5.32 Å². The second-order valence-corrected chi connectivity index (χ2v) is 5.00. The molecule has 1 heterocycles. The number of nitrogens with one attached hydrogen (secondary N) is 1. The molecule has 6 nitrogen and oxygen atoms in total. The van der Waals surface area contributed by atoms with E-state index in [1.165, 1.54) is 4.90 Å². The second-order valence-electron chi connectivity index (χ2n) is 4.56. The van der Waals surface area contributed by atoms with Crippen LogP contribution >= 0.6 is 11.6 Å². The van der Waals surface area contributed by atoms with Crippen molar-refractivity contribution >= 4 is 35.1 Å². The SMILES string of the molecule is Cc1cc(Cl)cc(N2C(=O)C(C)NC2=NCC(=O)O)c1. The number of carbonyl (C=O) groups excluding carboxylic acids is 1. The molecule has 1 aromatic rings. The fourth-order valence-electron chi connectivity index (χ4n) is 1.97. The number of hydrogen-bond acceptors (Lipinski definition) is 3. The third-order valence-electron chi connectivity index (χ3n) is 2.80. The zero-order valence-electron chi connectivity index (χ0n) is 11.1. The van der Waals surface area contributed by atoms with Crippen molar-refractivity contribution in [3.8, 4) is 0 Å². The number of carbonyl (C=O) groups is 2. The lowest BCUT2D eigenvalue weighted by atomic mass is 10.2. The van der Waals surface area contributed by atoms with E-state index in [9.17, 15) is 9.59 Å². The molecule has 1 amide bonds. The molecule has 20 heavy (non-hydrogen) atoms. The lowest BCUT2D eigenvalue weighted by Gasteiger charge is -2.16. The van der Waals surface area contributed by atoms with Crippen molar-refractivity contribution in [3.63, 3.8) is 0 Å². The molecule has 1 atom stereocenters. The van der Waals surface area contributed by atoms with Crippen molar-refractivity contribution in [2.24, 2.45) is 4.99 Å². The number of rotatable bonds is 3. The maximum atomic E-state index is 12.2. The van der Waals surface area contributed by atoms with E-state index < -0.39 is 18.6 Å². The van der Waals surface area contributed by atoms with Gasteiger partial charge in [0.15, 0.2) is 0 Å². The molecule has 0 saturated carbocycles. The number of aliphatic imine (C=N–C) groups is 1. The van der Waals surface area contributed by atoms with Crippen LogP contribution in [0.2, 0.25) is 5.02 Å². The number of amides is 1. The van der Waals surface area contributed by atoms with Crippen LogP contribution < -0.4 is 10.2 Å². The van der Waals surface area contributed by atoms with Gasteiger partial charge in [0.05, 0.1) is 5.69 Å². The standard InChI is InChI=1S/C13H14ClN3O3/c1-7-3-9(14)5-10(4-7)17-12(20)8(2)16-13(17)15-6-11(18)19/h3-5,8H,6H2,1-2H3,(H,15,16)(H,18,19). The number of halogens is 1. The summed E-state index contributed by atoms with van der Waals surface area (Å²) in [6, 6.07) is 4.75. The first kappa shape index (κ1) is 14.3. The van der Waals surface area contributed by atoms with E-state index in [0.717, 1.165) is 5.56 Å². The van der Waals surface area contributed by atoms with E-state index in [2.05, 4.69) is 10.3 Å². The van der Waals surface area contributed by atoms with Crippen LogP contribution in [0, 0.1) is 6.92 Å². The summed E-state index contributed by atoms with van der Waals surface area (Å²) in [5.74, 6) is -1.03. The Morgan fingerprint density at radius 3 is 2.80 bits per heavy atom. The van der Waals surface area contributed by atoms with Gasteiger partial charge in [0.25, 0.3) is 5.91 Å². The molecule has 0 bridgehead atoms. The van der Waals surface area contributed by atoms with Crippen molar-refractivity contribution < 1.29 is 14.7 Å². The summed E-state index contributed by atoms with van der Waals surface area (Å²) >= 11 is 6.00. The highest BCUT2D eigenvalue weighted by Gasteiger charge is 2.34. The third kappa shape index (κ3) is 2.91. The van der Waals surface area contributed by atoms with Gasteiger partial charge >= 0.3 is 5.97 Å². The summed E-state index contributed by atoms with van der Waals surface area (Å²) in [5.41, 5.74) is 1.47. The Balaban J connectivity index is 2.41. The number of aliphatic carboxylic acids is 1. The highest BCUT2D eigenvalue weighted by Crippen LogP contribution is 2.25. The summed E-state index contributed by atoms with van der Waals surface area (Å²) in [4.78, 5) is 28.0. The van der Waals surface area contributed by atoms with Crippen molar-refractivity contribution in [1.29, 1.82) is 0 Å². The largest absolute Gasteiger partial charge is 0.480 e. The van der Waals surface area contributed by atoms with Crippen LogP contribution in [0.3, 0.4) is 0 Å². The summed E-state index contributed by atoms with van der Waals surface area (Å²) < 4.78 is 0. The second kappa shape index (κ2) is 5.50. The minimum absolute atomic E-state index is 0.198. The highest BCUT2D eigenvalue weighted by molar-refractivity contribution is 6.31. The van der Waals surface area contributed by atoms with E-state index in [1.54, 1.807) is 25.1 Å². The molecule has 0 aromatic heterocycles. The Morgan fingerprint density at radius 1 is 1.50 bits per heavy atom. The molecule has 0 radical (unpaired) electrons. The van der Waals surface area contributed by atoms with E-state index in [4.69, 9.17) is 16.7 Å². The van der Waals surface area contributed by atoms with Crippen molar-refractivity contribution in [3.05, 3.63) is 28.8 Å². The molecule has 1 aliphatic rings. The molecular formula is C13H14ClN3O3. The first-order valence-corrected chi connectivity index (χ1v) is 6.40. The molecule has 0 spiro atoms. The van der Waals surface area contributed by atoms with Gasteiger partial charge in [-0.25, -0.2) is 9.89 Å². The summed E-state index contributed by atoms with van der Waals surface area (Å²) in [7, 11) is 0. The van der Waals surface area contributed by atoms with Gasteiger partial charge in [-0.3, -0.25) is 9.59 Å². The van der Waals surface area contributed by atoms with Gasteiger partial charge in [0, 0.05) is 5.02 Å². The smallest absolute Gasteiger partial charge is 0.325 e. The zero-order chi connectivity index (χ0) is 14.9. The number of carboxylic acids is 1. The Morgan fingerprint density at radius 2 is 2.20 bits per heavy atom. The Labute approximate surface area is 121 Å². The number of carboxylic acid groups (broad SMARTS) is 1. The normalized spacial score (nSPS) is 20.4. The molecule has 106 valence electrons. The lowest BCUT2D eigenvalue weighted by molar-refractivity contribution is -0.135. The molecular weight excluding hydrogens is 282 g/mol.